The fourth-order valence-corrected chi connectivity index (χ4v) is 2.18. The van der Waals surface area contributed by atoms with E-state index in [9.17, 15) is 4.79 Å². The largest absolute Gasteiger partial charge is 0.469 e. The SMILES string of the molecule is Cc1occc1-c1nnc(SCC(=O)N(C)C(C)C)o1. The van der Waals surface area contributed by atoms with E-state index in [-0.39, 0.29) is 17.7 Å². The number of aryl methyl sites for hydroxylation is 1. The van der Waals surface area contributed by atoms with Crippen molar-refractivity contribution in [2.75, 3.05) is 12.8 Å². The smallest absolute Gasteiger partial charge is 0.277 e. The molecule has 0 aliphatic heterocycles. The molecule has 0 saturated carbocycles. The van der Waals surface area contributed by atoms with Gasteiger partial charge in [0.1, 0.15) is 5.76 Å². The molecule has 2 heterocycles. The summed E-state index contributed by atoms with van der Waals surface area (Å²) in [5, 5.41) is 8.26. The monoisotopic (exact) mass is 295 g/mol. The second-order valence-electron chi connectivity index (χ2n) is 4.65. The third-order valence-electron chi connectivity index (χ3n) is 2.98. The first kappa shape index (κ1) is 14.6. The summed E-state index contributed by atoms with van der Waals surface area (Å²) >= 11 is 1.24. The predicted molar refractivity (Wildman–Crippen MR) is 75.4 cm³/mol. The minimum atomic E-state index is 0.0317. The first-order valence-corrected chi connectivity index (χ1v) is 7.24. The molecule has 0 unspecified atom stereocenters. The Balaban J connectivity index is 1.97. The fourth-order valence-electron chi connectivity index (χ4n) is 1.50. The number of rotatable bonds is 5. The first-order chi connectivity index (χ1) is 9.49. The molecule has 0 atom stereocenters. The number of nitrogens with zero attached hydrogens (tertiary/aromatic N) is 3. The van der Waals surface area contributed by atoms with Gasteiger partial charge in [0, 0.05) is 13.1 Å². The van der Waals surface area contributed by atoms with Crippen molar-refractivity contribution in [3.8, 4) is 11.5 Å². The zero-order chi connectivity index (χ0) is 14.7. The topological polar surface area (TPSA) is 72.4 Å². The van der Waals surface area contributed by atoms with Crippen molar-refractivity contribution in [2.24, 2.45) is 0 Å². The first-order valence-electron chi connectivity index (χ1n) is 6.25. The summed E-state index contributed by atoms with van der Waals surface area (Å²) in [7, 11) is 1.78. The predicted octanol–water partition coefficient (Wildman–Crippen LogP) is 2.60. The second kappa shape index (κ2) is 6.13. The minimum absolute atomic E-state index is 0.0317. The highest BCUT2D eigenvalue weighted by molar-refractivity contribution is 7.99. The van der Waals surface area contributed by atoms with Crippen molar-refractivity contribution in [3.63, 3.8) is 0 Å². The van der Waals surface area contributed by atoms with Crippen LogP contribution in [0.15, 0.2) is 26.4 Å². The zero-order valence-corrected chi connectivity index (χ0v) is 12.7. The molecule has 0 spiro atoms. The summed E-state index contributed by atoms with van der Waals surface area (Å²) in [5.74, 6) is 1.44. The molecular weight excluding hydrogens is 278 g/mol. The third kappa shape index (κ3) is 3.22. The molecule has 0 N–H and O–H groups in total. The molecule has 2 aromatic heterocycles. The van der Waals surface area contributed by atoms with E-state index >= 15 is 0 Å². The van der Waals surface area contributed by atoms with Gasteiger partial charge >= 0.3 is 0 Å². The van der Waals surface area contributed by atoms with Gasteiger partial charge in [0.15, 0.2) is 0 Å². The standard InChI is InChI=1S/C13H17N3O3S/c1-8(2)16(4)11(17)7-20-13-15-14-12(19-13)10-5-6-18-9(10)3/h5-6,8H,7H2,1-4H3. The molecule has 6 nitrogen and oxygen atoms in total. The number of thioether (sulfide) groups is 1. The van der Waals surface area contributed by atoms with E-state index in [4.69, 9.17) is 8.83 Å². The number of furan rings is 1. The van der Waals surface area contributed by atoms with Gasteiger partial charge in [0.05, 0.1) is 17.6 Å². The van der Waals surface area contributed by atoms with Crippen molar-refractivity contribution >= 4 is 17.7 Å². The quantitative estimate of drug-likeness (QED) is 0.789. The van der Waals surface area contributed by atoms with Gasteiger partial charge in [-0.1, -0.05) is 11.8 Å². The van der Waals surface area contributed by atoms with Crippen LogP contribution in [0.1, 0.15) is 19.6 Å². The molecule has 2 aromatic rings. The average molecular weight is 295 g/mol. The van der Waals surface area contributed by atoms with Gasteiger partial charge < -0.3 is 13.7 Å². The lowest BCUT2D eigenvalue weighted by molar-refractivity contribution is -0.128. The van der Waals surface area contributed by atoms with Crippen LogP contribution in [0, 0.1) is 6.92 Å². The lowest BCUT2D eigenvalue weighted by Gasteiger charge is -2.20. The van der Waals surface area contributed by atoms with Gasteiger partial charge in [-0.05, 0) is 26.8 Å². The Morgan fingerprint density at radius 2 is 2.20 bits per heavy atom. The van der Waals surface area contributed by atoms with Crippen molar-refractivity contribution < 1.29 is 13.6 Å². The van der Waals surface area contributed by atoms with Gasteiger partial charge in [-0.3, -0.25) is 4.79 Å². The van der Waals surface area contributed by atoms with E-state index in [0.717, 1.165) is 11.3 Å². The number of hydrogen-bond donors (Lipinski definition) is 0. The molecule has 0 bridgehead atoms. The maximum absolute atomic E-state index is 11.8. The summed E-state index contributed by atoms with van der Waals surface area (Å²) in [4.78, 5) is 13.5. The van der Waals surface area contributed by atoms with Crippen LogP contribution >= 0.6 is 11.8 Å². The van der Waals surface area contributed by atoms with Crippen molar-refractivity contribution in [1.29, 1.82) is 0 Å². The lowest BCUT2D eigenvalue weighted by Crippen LogP contribution is -2.34. The van der Waals surface area contributed by atoms with E-state index in [1.807, 2.05) is 20.8 Å². The second-order valence-corrected chi connectivity index (χ2v) is 5.58. The molecule has 0 saturated heterocycles. The van der Waals surface area contributed by atoms with Gasteiger partial charge in [0.2, 0.25) is 5.91 Å². The molecule has 0 fully saturated rings. The van der Waals surface area contributed by atoms with Crippen LogP contribution in [0.5, 0.6) is 0 Å². The van der Waals surface area contributed by atoms with Gasteiger partial charge in [0.25, 0.3) is 11.1 Å². The van der Waals surface area contributed by atoms with Crippen molar-refractivity contribution in [3.05, 3.63) is 18.1 Å². The normalized spacial score (nSPS) is 11.1. The molecule has 0 radical (unpaired) electrons. The molecule has 0 aromatic carbocycles. The Morgan fingerprint density at radius 3 is 2.80 bits per heavy atom. The van der Waals surface area contributed by atoms with Crippen LogP contribution in [-0.4, -0.2) is 39.8 Å². The number of carbonyl (C=O) groups excluding carboxylic acids is 1. The van der Waals surface area contributed by atoms with Crippen LogP contribution in [0.25, 0.3) is 11.5 Å². The summed E-state index contributed by atoms with van der Waals surface area (Å²) in [5.41, 5.74) is 0.773. The highest BCUT2D eigenvalue weighted by Gasteiger charge is 2.16. The summed E-state index contributed by atoms with van der Waals surface area (Å²) < 4.78 is 10.7. The van der Waals surface area contributed by atoms with E-state index < -0.39 is 0 Å². The van der Waals surface area contributed by atoms with Crippen LogP contribution in [0.4, 0.5) is 0 Å². The molecular formula is C13H17N3O3S. The Bertz CT molecular complexity index is 591. The van der Waals surface area contributed by atoms with Crippen molar-refractivity contribution in [1.82, 2.24) is 15.1 Å². The van der Waals surface area contributed by atoms with Crippen LogP contribution in [-0.2, 0) is 4.79 Å². The molecule has 1 amide bonds. The highest BCUT2D eigenvalue weighted by Crippen LogP contribution is 2.26. The molecule has 108 valence electrons. The Kier molecular flexibility index (Phi) is 4.49. The zero-order valence-electron chi connectivity index (χ0n) is 11.9. The van der Waals surface area contributed by atoms with Gasteiger partial charge in [-0.15, -0.1) is 10.2 Å². The van der Waals surface area contributed by atoms with E-state index in [0.29, 0.717) is 11.1 Å². The minimum Gasteiger partial charge on any atom is -0.469 e. The molecule has 20 heavy (non-hydrogen) atoms. The van der Waals surface area contributed by atoms with Gasteiger partial charge in [-0.2, -0.15) is 0 Å². The summed E-state index contributed by atoms with van der Waals surface area (Å²) in [6.45, 7) is 5.76. The Morgan fingerprint density at radius 1 is 1.45 bits per heavy atom. The Labute approximate surface area is 121 Å². The highest BCUT2D eigenvalue weighted by atomic mass is 32.2. The summed E-state index contributed by atoms with van der Waals surface area (Å²) in [6, 6.07) is 1.95. The summed E-state index contributed by atoms with van der Waals surface area (Å²) in [6.07, 6.45) is 1.57. The fraction of sp³-hybridized carbons (Fsp3) is 0.462. The van der Waals surface area contributed by atoms with E-state index in [1.54, 1.807) is 24.3 Å². The molecule has 2 rings (SSSR count). The lowest BCUT2D eigenvalue weighted by atomic mass is 10.3. The van der Waals surface area contributed by atoms with Crippen LogP contribution in [0.2, 0.25) is 0 Å². The number of carbonyl (C=O) groups is 1. The number of aromatic nitrogens is 2. The average Bonchev–Trinajstić information content (AvgIpc) is 3.03. The maximum atomic E-state index is 11.8. The Hall–Kier alpha value is -1.76. The number of hydrogen-bond acceptors (Lipinski definition) is 6. The third-order valence-corrected chi connectivity index (χ3v) is 3.79. The van der Waals surface area contributed by atoms with Crippen LogP contribution < -0.4 is 0 Å². The molecule has 7 heteroatoms. The van der Waals surface area contributed by atoms with Crippen molar-refractivity contribution in [2.45, 2.75) is 32.0 Å². The van der Waals surface area contributed by atoms with Gasteiger partial charge in [-0.25, -0.2) is 0 Å². The molecule has 0 aliphatic rings. The van der Waals surface area contributed by atoms with Crippen LogP contribution in [0.3, 0.4) is 0 Å². The maximum Gasteiger partial charge on any atom is 0.277 e. The number of amides is 1. The molecule has 0 aliphatic carbocycles. The van der Waals surface area contributed by atoms with E-state index in [1.165, 1.54) is 11.8 Å². The van der Waals surface area contributed by atoms with E-state index in [2.05, 4.69) is 10.2 Å².